The molecule has 1 saturated heterocycles. The van der Waals surface area contributed by atoms with Gasteiger partial charge >= 0.3 is 0 Å². The predicted octanol–water partition coefficient (Wildman–Crippen LogP) is 3.20. The lowest BCUT2D eigenvalue weighted by Gasteiger charge is -2.35. The van der Waals surface area contributed by atoms with Crippen LogP contribution >= 0.6 is 34.4 Å². The molecule has 1 amide bonds. The molecule has 4 rings (SSSR count). The van der Waals surface area contributed by atoms with Crippen LogP contribution in [-0.2, 0) is 21.1 Å². The highest BCUT2D eigenvalue weighted by molar-refractivity contribution is 8.02. The standard InChI is InChI=1S/C17H19NO3S4/c19-16(10-24-12-5-9-25(20,21)11-12)18-6-3-14-13(4-8-23-14)17(18)15-2-1-7-22-15/h1-2,4,7-8,12,17H,3,5-6,9-11H2/t12-,17-/m0/s1. The molecule has 0 spiro atoms. The summed E-state index contributed by atoms with van der Waals surface area (Å²) in [7, 11) is -2.89. The molecule has 25 heavy (non-hydrogen) atoms. The molecule has 2 aliphatic rings. The van der Waals surface area contributed by atoms with Crippen LogP contribution in [0, 0.1) is 0 Å². The molecule has 0 aromatic carbocycles. The van der Waals surface area contributed by atoms with E-state index in [1.807, 2.05) is 11.0 Å². The Morgan fingerprint density at radius 1 is 1.28 bits per heavy atom. The first-order valence-corrected chi connectivity index (χ1v) is 12.9. The van der Waals surface area contributed by atoms with E-state index in [0.717, 1.165) is 13.0 Å². The van der Waals surface area contributed by atoms with Crippen molar-refractivity contribution in [2.75, 3.05) is 23.8 Å². The van der Waals surface area contributed by atoms with Crippen molar-refractivity contribution >= 4 is 50.2 Å². The summed E-state index contributed by atoms with van der Waals surface area (Å²) >= 11 is 4.96. The number of thiophene rings is 2. The van der Waals surface area contributed by atoms with E-state index in [1.54, 1.807) is 22.7 Å². The second-order valence-electron chi connectivity index (χ2n) is 6.39. The highest BCUT2D eigenvalue weighted by Crippen LogP contribution is 2.40. The van der Waals surface area contributed by atoms with Gasteiger partial charge in [0.05, 0.1) is 23.3 Å². The molecule has 1 fully saturated rings. The van der Waals surface area contributed by atoms with Crippen molar-refractivity contribution < 1.29 is 13.2 Å². The van der Waals surface area contributed by atoms with Crippen molar-refractivity contribution in [3.8, 4) is 0 Å². The maximum Gasteiger partial charge on any atom is 0.233 e. The third-order valence-corrected chi connectivity index (χ3v) is 9.92. The van der Waals surface area contributed by atoms with Crippen molar-refractivity contribution in [1.82, 2.24) is 4.90 Å². The number of carbonyl (C=O) groups excluding carboxylic acids is 1. The van der Waals surface area contributed by atoms with Gasteiger partial charge in [0, 0.05) is 21.5 Å². The lowest BCUT2D eigenvalue weighted by molar-refractivity contribution is -0.130. The summed E-state index contributed by atoms with van der Waals surface area (Å²) in [5.74, 6) is 0.957. The molecule has 134 valence electrons. The van der Waals surface area contributed by atoms with E-state index in [1.165, 1.54) is 27.1 Å². The van der Waals surface area contributed by atoms with Crippen molar-refractivity contribution in [3.63, 3.8) is 0 Å². The fourth-order valence-electron chi connectivity index (χ4n) is 3.50. The Balaban J connectivity index is 1.49. The van der Waals surface area contributed by atoms with E-state index in [2.05, 4.69) is 22.9 Å². The van der Waals surface area contributed by atoms with Gasteiger partial charge in [-0.05, 0) is 41.3 Å². The SMILES string of the molecule is O=C(CS[C@H]1CCS(=O)(=O)C1)N1CCc2sccc2[C@H]1c1cccs1. The summed E-state index contributed by atoms with van der Waals surface area (Å²) in [5, 5.41) is 4.23. The molecule has 4 heterocycles. The minimum atomic E-state index is -2.89. The van der Waals surface area contributed by atoms with Gasteiger partial charge in [-0.2, -0.15) is 0 Å². The Morgan fingerprint density at radius 3 is 2.88 bits per heavy atom. The van der Waals surface area contributed by atoms with Crippen molar-refractivity contribution in [3.05, 3.63) is 44.3 Å². The number of rotatable bonds is 4. The molecule has 2 aromatic rings. The fraction of sp³-hybridized carbons (Fsp3) is 0.471. The second kappa shape index (κ2) is 7.06. The molecular weight excluding hydrogens is 394 g/mol. The van der Waals surface area contributed by atoms with Gasteiger partial charge in [-0.1, -0.05) is 6.07 Å². The molecule has 8 heteroatoms. The van der Waals surface area contributed by atoms with Gasteiger partial charge < -0.3 is 4.90 Å². The van der Waals surface area contributed by atoms with Crippen LogP contribution in [0.25, 0.3) is 0 Å². The zero-order valence-electron chi connectivity index (χ0n) is 13.6. The van der Waals surface area contributed by atoms with Gasteiger partial charge in [0.2, 0.25) is 5.91 Å². The van der Waals surface area contributed by atoms with Gasteiger partial charge in [0.25, 0.3) is 0 Å². The van der Waals surface area contributed by atoms with E-state index < -0.39 is 9.84 Å². The lowest BCUT2D eigenvalue weighted by Crippen LogP contribution is -2.41. The first kappa shape index (κ1) is 17.6. The average Bonchev–Trinajstić information content (AvgIpc) is 3.32. The number of fused-ring (bicyclic) bond motifs is 1. The maximum atomic E-state index is 12.9. The molecule has 0 bridgehead atoms. The largest absolute Gasteiger partial charge is 0.330 e. The first-order valence-electron chi connectivity index (χ1n) is 8.25. The Labute approximate surface area is 160 Å². The van der Waals surface area contributed by atoms with Crippen LogP contribution < -0.4 is 0 Å². The van der Waals surface area contributed by atoms with Gasteiger partial charge in [-0.25, -0.2) is 8.42 Å². The van der Waals surface area contributed by atoms with Crippen molar-refractivity contribution in [2.24, 2.45) is 0 Å². The molecule has 0 radical (unpaired) electrons. The van der Waals surface area contributed by atoms with E-state index in [0.29, 0.717) is 12.2 Å². The van der Waals surface area contributed by atoms with Crippen LogP contribution in [-0.4, -0.2) is 48.3 Å². The van der Waals surface area contributed by atoms with Crippen LogP contribution in [0.4, 0.5) is 0 Å². The topological polar surface area (TPSA) is 54.5 Å². The molecule has 2 atom stereocenters. The van der Waals surface area contributed by atoms with Crippen LogP contribution in [0.1, 0.15) is 27.8 Å². The fourth-order valence-corrected chi connectivity index (χ4v) is 8.79. The molecule has 0 saturated carbocycles. The van der Waals surface area contributed by atoms with E-state index in [9.17, 15) is 13.2 Å². The molecular formula is C17H19NO3S4. The molecule has 0 N–H and O–H groups in total. The minimum absolute atomic E-state index is 0.00964. The van der Waals surface area contributed by atoms with Crippen LogP contribution in [0.5, 0.6) is 0 Å². The van der Waals surface area contributed by atoms with Gasteiger partial charge in [-0.3, -0.25) is 4.79 Å². The lowest BCUT2D eigenvalue weighted by atomic mass is 9.98. The van der Waals surface area contributed by atoms with Crippen LogP contribution in [0.2, 0.25) is 0 Å². The highest BCUT2D eigenvalue weighted by Gasteiger charge is 2.34. The Hall–Kier alpha value is -0.830. The molecule has 2 aromatic heterocycles. The smallest absolute Gasteiger partial charge is 0.233 e. The predicted molar refractivity (Wildman–Crippen MR) is 105 cm³/mol. The number of thioether (sulfide) groups is 1. The number of sulfone groups is 1. The summed E-state index contributed by atoms with van der Waals surface area (Å²) in [5.41, 5.74) is 1.25. The Morgan fingerprint density at radius 2 is 2.16 bits per heavy atom. The summed E-state index contributed by atoms with van der Waals surface area (Å²) in [6, 6.07) is 6.27. The van der Waals surface area contributed by atoms with Crippen LogP contribution in [0.3, 0.4) is 0 Å². The third kappa shape index (κ3) is 3.67. The minimum Gasteiger partial charge on any atom is -0.330 e. The van der Waals surface area contributed by atoms with E-state index in [4.69, 9.17) is 0 Å². The molecule has 4 nitrogen and oxygen atoms in total. The number of hydrogen-bond acceptors (Lipinski definition) is 6. The number of carbonyl (C=O) groups is 1. The zero-order chi connectivity index (χ0) is 17.4. The Kier molecular flexibility index (Phi) is 4.96. The zero-order valence-corrected chi connectivity index (χ0v) is 16.9. The summed E-state index contributed by atoms with van der Waals surface area (Å²) in [6.07, 6.45) is 1.58. The van der Waals surface area contributed by atoms with E-state index >= 15 is 0 Å². The third-order valence-electron chi connectivity index (χ3n) is 4.73. The van der Waals surface area contributed by atoms with Gasteiger partial charge in [0.1, 0.15) is 0 Å². The Bertz CT molecular complexity index is 856. The molecule has 0 unspecified atom stereocenters. The maximum absolute atomic E-state index is 12.9. The monoisotopic (exact) mass is 413 g/mol. The summed E-state index contributed by atoms with van der Waals surface area (Å²) < 4.78 is 23.2. The highest BCUT2D eigenvalue weighted by atomic mass is 32.2. The first-order chi connectivity index (χ1) is 12.0. The quantitative estimate of drug-likeness (QED) is 0.772. The van der Waals surface area contributed by atoms with E-state index in [-0.39, 0.29) is 28.7 Å². The van der Waals surface area contributed by atoms with Gasteiger partial charge in [-0.15, -0.1) is 34.4 Å². The number of hydrogen-bond donors (Lipinski definition) is 0. The normalized spacial score (nSPS) is 25.0. The van der Waals surface area contributed by atoms with Crippen LogP contribution in [0.15, 0.2) is 29.0 Å². The molecule has 0 aliphatic carbocycles. The van der Waals surface area contributed by atoms with Crippen molar-refractivity contribution in [1.29, 1.82) is 0 Å². The summed E-state index contributed by atoms with van der Waals surface area (Å²) in [4.78, 5) is 17.5. The van der Waals surface area contributed by atoms with Gasteiger partial charge in [0.15, 0.2) is 9.84 Å². The number of nitrogens with zero attached hydrogens (tertiary/aromatic N) is 1. The molecule has 2 aliphatic heterocycles. The summed E-state index contributed by atoms with van der Waals surface area (Å²) in [6.45, 7) is 0.735. The average molecular weight is 414 g/mol. The number of amides is 1. The second-order valence-corrected chi connectivity index (χ2v) is 11.9. The van der Waals surface area contributed by atoms with Crippen molar-refractivity contribution in [2.45, 2.75) is 24.1 Å².